The van der Waals surface area contributed by atoms with Gasteiger partial charge < -0.3 is 5.11 Å². The van der Waals surface area contributed by atoms with Crippen molar-refractivity contribution in [2.24, 2.45) is 4.99 Å². The second-order valence-corrected chi connectivity index (χ2v) is 3.36. The SMILES string of the molecule is CCN=C(/C=C(\C)C(=O)O)c1ccccc1. The molecule has 1 rings (SSSR count). The molecule has 16 heavy (non-hydrogen) atoms. The summed E-state index contributed by atoms with van der Waals surface area (Å²) in [4.78, 5) is 15.0. The number of carboxylic acids is 1. The van der Waals surface area contributed by atoms with Gasteiger partial charge in [-0.2, -0.15) is 0 Å². The molecule has 0 aliphatic rings. The number of hydrogen-bond acceptors (Lipinski definition) is 2. The fraction of sp³-hybridized carbons (Fsp3) is 0.231. The average Bonchev–Trinajstić information content (AvgIpc) is 2.29. The summed E-state index contributed by atoms with van der Waals surface area (Å²) in [7, 11) is 0. The van der Waals surface area contributed by atoms with E-state index in [4.69, 9.17) is 5.11 Å². The minimum Gasteiger partial charge on any atom is -0.478 e. The summed E-state index contributed by atoms with van der Waals surface area (Å²) < 4.78 is 0. The van der Waals surface area contributed by atoms with Gasteiger partial charge in [-0.3, -0.25) is 4.99 Å². The van der Waals surface area contributed by atoms with Crippen LogP contribution in [0.15, 0.2) is 47.0 Å². The van der Waals surface area contributed by atoms with Crippen LogP contribution in [-0.2, 0) is 4.79 Å². The molecule has 0 aromatic heterocycles. The molecule has 0 aliphatic carbocycles. The number of aliphatic carboxylic acids is 1. The van der Waals surface area contributed by atoms with Crippen LogP contribution in [0.2, 0.25) is 0 Å². The lowest BCUT2D eigenvalue weighted by molar-refractivity contribution is -0.132. The van der Waals surface area contributed by atoms with Gasteiger partial charge in [0.25, 0.3) is 0 Å². The van der Waals surface area contributed by atoms with E-state index in [0.29, 0.717) is 12.3 Å². The highest BCUT2D eigenvalue weighted by molar-refractivity contribution is 6.11. The standard InChI is InChI=1S/C13H15NO2/c1-3-14-12(9-10(2)13(15)16)11-7-5-4-6-8-11/h4-9H,3H2,1-2H3,(H,15,16)/b10-9+,14-12?. The van der Waals surface area contributed by atoms with Gasteiger partial charge in [-0.25, -0.2) is 4.79 Å². The topological polar surface area (TPSA) is 49.7 Å². The second kappa shape index (κ2) is 5.85. The normalized spacial score (nSPS) is 12.6. The molecule has 0 fully saturated rings. The molecule has 3 nitrogen and oxygen atoms in total. The summed E-state index contributed by atoms with van der Waals surface area (Å²) in [5.74, 6) is -0.917. The van der Waals surface area contributed by atoms with Crippen molar-refractivity contribution >= 4 is 11.7 Å². The molecule has 84 valence electrons. The summed E-state index contributed by atoms with van der Waals surface area (Å²) in [6.07, 6.45) is 1.60. The van der Waals surface area contributed by atoms with Gasteiger partial charge >= 0.3 is 5.97 Å². The number of rotatable bonds is 4. The van der Waals surface area contributed by atoms with Crippen LogP contribution in [0, 0.1) is 0 Å². The molecule has 1 aromatic carbocycles. The highest BCUT2D eigenvalue weighted by atomic mass is 16.4. The van der Waals surface area contributed by atoms with Gasteiger partial charge in [-0.1, -0.05) is 30.3 Å². The van der Waals surface area contributed by atoms with Gasteiger partial charge in [0.1, 0.15) is 0 Å². The van der Waals surface area contributed by atoms with E-state index >= 15 is 0 Å². The van der Waals surface area contributed by atoms with E-state index in [1.165, 1.54) is 0 Å². The van der Waals surface area contributed by atoms with Crippen molar-refractivity contribution in [1.29, 1.82) is 0 Å². The Labute approximate surface area is 95.1 Å². The summed E-state index contributed by atoms with van der Waals surface area (Å²) in [6.45, 7) is 4.12. The largest absolute Gasteiger partial charge is 0.478 e. The Morgan fingerprint density at radius 3 is 2.50 bits per heavy atom. The zero-order valence-corrected chi connectivity index (χ0v) is 9.47. The number of aliphatic imine (C=N–C) groups is 1. The zero-order valence-electron chi connectivity index (χ0n) is 9.47. The number of nitrogens with zero attached hydrogens (tertiary/aromatic N) is 1. The lowest BCUT2D eigenvalue weighted by Crippen LogP contribution is -2.03. The van der Waals surface area contributed by atoms with E-state index < -0.39 is 5.97 Å². The number of allylic oxidation sites excluding steroid dienone is 1. The Bertz CT molecular complexity index is 419. The van der Waals surface area contributed by atoms with Crippen LogP contribution in [0.25, 0.3) is 0 Å². The van der Waals surface area contributed by atoms with Crippen LogP contribution in [0.4, 0.5) is 0 Å². The van der Waals surface area contributed by atoms with Crippen LogP contribution in [0.1, 0.15) is 19.4 Å². The van der Waals surface area contributed by atoms with Gasteiger partial charge in [0.05, 0.1) is 5.71 Å². The molecule has 3 heteroatoms. The maximum atomic E-state index is 10.7. The van der Waals surface area contributed by atoms with E-state index in [2.05, 4.69) is 4.99 Å². The fourth-order valence-corrected chi connectivity index (χ4v) is 1.27. The average molecular weight is 217 g/mol. The van der Waals surface area contributed by atoms with Gasteiger partial charge in [-0.15, -0.1) is 0 Å². The third-order valence-corrected chi connectivity index (χ3v) is 2.09. The zero-order chi connectivity index (χ0) is 12.0. The molecule has 0 radical (unpaired) electrons. The number of carboxylic acid groups (broad SMARTS) is 1. The third-order valence-electron chi connectivity index (χ3n) is 2.09. The first kappa shape index (κ1) is 12.2. The molecule has 1 aromatic rings. The third kappa shape index (κ3) is 3.35. The molecule has 0 aliphatic heterocycles. The van der Waals surface area contributed by atoms with E-state index in [9.17, 15) is 4.79 Å². The first-order valence-corrected chi connectivity index (χ1v) is 5.16. The lowest BCUT2D eigenvalue weighted by atomic mass is 10.1. The van der Waals surface area contributed by atoms with Crippen molar-refractivity contribution in [3.63, 3.8) is 0 Å². The van der Waals surface area contributed by atoms with E-state index in [1.54, 1.807) is 13.0 Å². The molecular formula is C13H15NO2. The van der Waals surface area contributed by atoms with Gasteiger partial charge in [0.2, 0.25) is 0 Å². The van der Waals surface area contributed by atoms with Gasteiger partial charge in [0.15, 0.2) is 0 Å². The maximum Gasteiger partial charge on any atom is 0.331 e. The molecule has 0 bridgehead atoms. The molecule has 1 N–H and O–H groups in total. The predicted molar refractivity (Wildman–Crippen MR) is 64.9 cm³/mol. The number of hydrogen-bond donors (Lipinski definition) is 1. The summed E-state index contributed by atoms with van der Waals surface area (Å²) in [5.41, 5.74) is 1.93. The quantitative estimate of drug-likeness (QED) is 0.622. The smallest absolute Gasteiger partial charge is 0.331 e. The Balaban J connectivity index is 3.08. The lowest BCUT2D eigenvalue weighted by Gasteiger charge is -2.02. The Morgan fingerprint density at radius 1 is 1.38 bits per heavy atom. The molecule has 0 saturated carbocycles. The molecule has 0 atom stereocenters. The minimum atomic E-state index is -0.917. The van der Waals surface area contributed by atoms with Crippen molar-refractivity contribution in [3.8, 4) is 0 Å². The molecule has 0 spiro atoms. The Hall–Kier alpha value is -1.90. The highest BCUT2D eigenvalue weighted by Gasteiger charge is 2.04. The van der Waals surface area contributed by atoms with Crippen LogP contribution >= 0.6 is 0 Å². The number of carbonyl (C=O) groups is 1. The molecule has 0 heterocycles. The van der Waals surface area contributed by atoms with Crippen molar-refractivity contribution in [1.82, 2.24) is 0 Å². The molecule has 0 amide bonds. The van der Waals surface area contributed by atoms with Gasteiger partial charge in [-0.05, 0) is 25.5 Å². The highest BCUT2D eigenvalue weighted by Crippen LogP contribution is 2.05. The van der Waals surface area contributed by atoms with E-state index in [-0.39, 0.29) is 5.57 Å². The first-order valence-electron chi connectivity index (χ1n) is 5.16. The van der Waals surface area contributed by atoms with Crippen molar-refractivity contribution in [2.75, 3.05) is 6.54 Å². The number of benzene rings is 1. The van der Waals surface area contributed by atoms with Crippen LogP contribution in [0.3, 0.4) is 0 Å². The Kier molecular flexibility index (Phi) is 4.45. The maximum absolute atomic E-state index is 10.7. The predicted octanol–water partition coefficient (Wildman–Crippen LogP) is 2.53. The van der Waals surface area contributed by atoms with Crippen LogP contribution in [-0.4, -0.2) is 23.3 Å². The van der Waals surface area contributed by atoms with E-state index in [1.807, 2.05) is 37.3 Å². The summed E-state index contributed by atoms with van der Waals surface area (Å²) >= 11 is 0. The molecule has 0 saturated heterocycles. The Morgan fingerprint density at radius 2 is 2.00 bits per heavy atom. The molecule has 0 unspecified atom stereocenters. The van der Waals surface area contributed by atoms with E-state index in [0.717, 1.165) is 5.56 Å². The first-order chi connectivity index (χ1) is 7.65. The van der Waals surface area contributed by atoms with Crippen LogP contribution < -0.4 is 0 Å². The minimum absolute atomic E-state index is 0.288. The molecular weight excluding hydrogens is 202 g/mol. The van der Waals surface area contributed by atoms with Crippen molar-refractivity contribution in [2.45, 2.75) is 13.8 Å². The van der Waals surface area contributed by atoms with Gasteiger partial charge in [0, 0.05) is 12.1 Å². The summed E-state index contributed by atoms with van der Waals surface area (Å²) in [5, 5.41) is 8.82. The monoisotopic (exact) mass is 217 g/mol. The second-order valence-electron chi connectivity index (χ2n) is 3.36. The van der Waals surface area contributed by atoms with Crippen molar-refractivity contribution in [3.05, 3.63) is 47.5 Å². The van der Waals surface area contributed by atoms with Crippen molar-refractivity contribution < 1.29 is 9.90 Å². The summed E-state index contributed by atoms with van der Waals surface area (Å²) in [6, 6.07) is 9.57. The van der Waals surface area contributed by atoms with Crippen LogP contribution in [0.5, 0.6) is 0 Å². The fourth-order valence-electron chi connectivity index (χ4n) is 1.27.